The molecule has 1 heterocycles. The number of thiophene rings is 1. The van der Waals surface area contributed by atoms with Gasteiger partial charge in [0.05, 0.1) is 3.79 Å². The Labute approximate surface area is 119 Å². The summed E-state index contributed by atoms with van der Waals surface area (Å²) < 4.78 is 1.26. The summed E-state index contributed by atoms with van der Waals surface area (Å²) in [5.74, 6) is 0.836. The molecule has 1 saturated carbocycles. The highest BCUT2D eigenvalue weighted by atomic mass is 79.9. The van der Waals surface area contributed by atoms with E-state index in [2.05, 4.69) is 44.8 Å². The minimum absolute atomic E-state index is 0.563. The standard InChI is InChI=1S/C13H18Br2S/c1-9-11(8-12(14)16-9)13(15)10-6-4-2-3-5-7-10/h8,10,13H,2-7H2,1H3. The van der Waals surface area contributed by atoms with Crippen LogP contribution in [0.3, 0.4) is 0 Å². The van der Waals surface area contributed by atoms with Crippen LogP contribution in [-0.4, -0.2) is 0 Å². The number of hydrogen-bond donors (Lipinski definition) is 0. The molecule has 0 aliphatic heterocycles. The van der Waals surface area contributed by atoms with Crippen LogP contribution in [0.25, 0.3) is 0 Å². The van der Waals surface area contributed by atoms with Crippen molar-refractivity contribution >= 4 is 43.2 Å². The monoisotopic (exact) mass is 364 g/mol. The Balaban J connectivity index is 2.10. The van der Waals surface area contributed by atoms with Crippen molar-refractivity contribution in [2.24, 2.45) is 5.92 Å². The van der Waals surface area contributed by atoms with E-state index in [1.165, 1.54) is 52.8 Å². The van der Waals surface area contributed by atoms with Crippen LogP contribution in [0.1, 0.15) is 53.8 Å². The molecule has 16 heavy (non-hydrogen) atoms. The fourth-order valence-electron chi connectivity index (χ4n) is 2.59. The summed E-state index contributed by atoms with van der Waals surface area (Å²) in [5, 5.41) is 0. The summed E-state index contributed by atoms with van der Waals surface area (Å²) in [5.41, 5.74) is 1.50. The van der Waals surface area contributed by atoms with Crippen LogP contribution < -0.4 is 0 Å². The first kappa shape index (κ1) is 13.1. The van der Waals surface area contributed by atoms with Crippen LogP contribution in [0.15, 0.2) is 9.85 Å². The lowest BCUT2D eigenvalue weighted by molar-refractivity contribution is 0.454. The molecule has 0 nitrogen and oxygen atoms in total. The summed E-state index contributed by atoms with van der Waals surface area (Å²) in [6.07, 6.45) is 8.48. The van der Waals surface area contributed by atoms with Gasteiger partial charge in [0, 0.05) is 9.70 Å². The van der Waals surface area contributed by atoms with Gasteiger partial charge in [-0.25, -0.2) is 0 Å². The molecule has 1 aliphatic carbocycles. The predicted octanol–water partition coefficient (Wildman–Crippen LogP) is 6.23. The first-order valence-electron chi connectivity index (χ1n) is 6.08. The average molecular weight is 366 g/mol. The van der Waals surface area contributed by atoms with E-state index in [0.717, 1.165) is 5.92 Å². The molecule has 0 N–H and O–H groups in total. The molecule has 0 amide bonds. The van der Waals surface area contributed by atoms with Crippen LogP contribution in [0.4, 0.5) is 0 Å². The molecule has 1 aromatic rings. The maximum Gasteiger partial charge on any atom is 0.0704 e. The molecule has 1 unspecified atom stereocenters. The van der Waals surface area contributed by atoms with Crippen molar-refractivity contribution in [2.45, 2.75) is 50.3 Å². The molecule has 0 radical (unpaired) electrons. The lowest BCUT2D eigenvalue weighted by Crippen LogP contribution is -2.06. The van der Waals surface area contributed by atoms with Crippen LogP contribution >= 0.6 is 43.2 Å². The van der Waals surface area contributed by atoms with E-state index in [-0.39, 0.29) is 0 Å². The van der Waals surface area contributed by atoms with Crippen LogP contribution in [-0.2, 0) is 0 Å². The van der Waals surface area contributed by atoms with Crippen molar-refractivity contribution in [3.05, 3.63) is 20.3 Å². The van der Waals surface area contributed by atoms with E-state index in [9.17, 15) is 0 Å². The largest absolute Gasteiger partial charge is 0.133 e. The quantitative estimate of drug-likeness (QED) is 0.430. The van der Waals surface area contributed by atoms with Gasteiger partial charge >= 0.3 is 0 Å². The smallest absolute Gasteiger partial charge is 0.0704 e. The molecule has 0 bridgehead atoms. The van der Waals surface area contributed by atoms with Crippen molar-refractivity contribution in [2.75, 3.05) is 0 Å². The molecule has 1 aromatic heterocycles. The van der Waals surface area contributed by atoms with Gasteiger partial charge in [-0.2, -0.15) is 0 Å². The van der Waals surface area contributed by atoms with Gasteiger partial charge in [0.2, 0.25) is 0 Å². The lowest BCUT2D eigenvalue weighted by atomic mass is 9.93. The van der Waals surface area contributed by atoms with Gasteiger partial charge < -0.3 is 0 Å². The van der Waals surface area contributed by atoms with E-state index in [1.807, 2.05) is 11.3 Å². The van der Waals surface area contributed by atoms with Crippen molar-refractivity contribution in [1.29, 1.82) is 0 Å². The number of aryl methyl sites for hydroxylation is 1. The van der Waals surface area contributed by atoms with Crippen LogP contribution in [0.2, 0.25) is 0 Å². The fourth-order valence-corrected chi connectivity index (χ4v) is 5.50. The predicted molar refractivity (Wildman–Crippen MR) is 79.6 cm³/mol. The van der Waals surface area contributed by atoms with E-state index in [0.29, 0.717) is 4.83 Å². The number of halogens is 2. The Hall–Kier alpha value is 0.660. The first-order valence-corrected chi connectivity index (χ1v) is 8.61. The molecular formula is C13H18Br2S. The summed E-state index contributed by atoms with van der Waals surface area (Å²) >= 11 is 9.37. The van der Waals surface area contributed by atoms with Gasteiger partial charge in [-0.05, 0) is 53.2 Å². The van der Waals surface area contributed by atoms with Gasteiger partial charge in [0.25, 0.3) is 0 Å². The maximum absolute atomic E-state index is 3.93. The van der Waals surface area contributed by atoms with Gasteiger partial charge in [0.1, 0.15) is 0 Å². The van der Waals surface area contributed by atoms with E-state index in [4.69, 9.17) is 0 Å². The molecule has 1 atom stereocenters. The summed E-state index contributed by atoms with van der Waals surface area (Å²) in [7, 11) is 0. The summed E-state index contributed by atoms with van der Waals surface area (Å²) in [4.78, 5) is 2.02. The molecule has 90 valence electrons. The van der Waals surface area contributed by atoms with Crippen molar-refractivity contribution in [1.82, 2.24) is 0 Å². The Morgan fingerprint density at radius 2 is 1.88 bits per heavy atom. The second-order valence-electron chi connectivity index (χ2n) is 4.72. The second-order valence-corrected chi connectivity index (χ2v) is 8.34. The highest BCUT2D eigenvalue weighted by Crippen LogP contribution is 2.43. The molecule has 1 aliphatic rings. The number of hydrogen-bond acceptors (Lipinski definition) is 1. The third-order valence-corrected chi connectivity index (χ3v) is 6.35. The van der Waals surface area contributed by atoms with Crippen molar-refractivity contribution in [3.63, 3.8) is 0 Å². The van der Waals surface area contributed by atoms with Gasteiger partial charge in [0.15, 0.2) is 0 Å². The maximum atomic E-state index is 3.93. The Morgan fingerprint density at radius 3 is 2.38 bits per heavy atom. The molecule has 2 rings (SSSR count). The minimum atomic E-state index is 0.563. The third-order valence-electron chi connectivity index (χ3n) is 3.54. The van der Waals surface area contributed by atoms with Crippen LogP contribution in [0.5, 0.6) is 0 Å². The summed E-state index contributed by atoms with van der Waals surface area (Å²) in [6.45, 7) is 2.23. The van der Waals surface area contributed by atoms with Crippen molar-refractivity contribution < 1.29 is 0 Å². The zero-order chi connectivity index (χ0) is 11.5. The topological polar surface area (TPSA) is 0 Å². The summed E-state index contributed by atoms with van der Waals surface area (Å²) in [6, 6.07) is 2.30. The highest BCUT2D eigenvalue weighted by molar-refractivity contribution is 9.11. The zero-order valence-electron chi connectivity index (χ0n) is 9.64. The molecule has 0 saturated heterocycles. The van der Waals surface area contributed by atoms with Gasteiger partial charge in [-0.1, -0.05) is 41.6 Å². The lowest BCUT2D eigenvalue weighted by Gasteiger charge is -2.20. The Bertz CT molecular complexity index is 338. The highest BCUT2D eigenvalue weighted by Gasteiger charge is 2.24. The first-order chi connectivity index (χ1) is 7.68. The third kappa shape index (κ3) is 3.11. The molecule has 1 fully saturated rings. The SMILES string of the molecule is Cc1sc(Br)cc1C(Br)C1CCCCCC1. The number of rotatable bonds is 2. The Morgan fingerprint density at radius 1 is 1.25 bits per heavy atom. The molecule has 3 heteroatoms. The molecule has 0 aromatic carbocycles. The van der Waals surface area contributed by atoms with Gasteiger partial charge in [-0.3, -0.25) is 0 Å². The van der Waals surface area contributed by atoms with E-state index < -0.39 is 0 Å². The average Bonchev–Trinajstić information content (AvgIpc) is 2.49. The van der Waals surface area contributed by atoms with Crippen molar-refractivity contribution in [3.8, 4) is 0 Å². The Kier molecular flexibility index (Phi) is 4.92. The number of alkyl halides is 1. The van der Waals surface area contributed by atoms with E-state index >= 15 is 0 Å². The van der Waals surface area contributed by atoms with E-state index in [1.54, 1.807) is 0 Å². The molecule has 0 spiro atoms. The zero-order valence-corrected chi connectivity index (χ0v) is 13.6. The fraction of sp³-hybridized carbons (Fsp3) is 0.692. The normalized spacial score (nSPS) is 20.7. The van der Waals surface area contributed by atoms with Gasteiger partial charge in [-0.15, -0.1) is 11.3 Å². The van der Waals surface area contributed by atoms with Crippen LogP contribution in [0, 0.1) is 12.8 Å². The minimum Gasteiger partial charge on any atom is -0.133 e. The second kappa shape index (κ2) is 6.01. The molecular weight excluding hydrogens is 348 g/mol.